The monoisotopic (exact) mass is 399 g/mol. The second kappa shape index (κ2) is 7.65. The summed E-state index contributed by atoms with van der Waals surface area (Å²) in [6.45, 7) is 4.85. The molecule has 0 radical (unpaired) electrons. The van der Waals surface area contributed by atoms with Gasteiger partial charge in [0.15, 0.2) is 5.89 Å². The highest BCUT2D eigenvalue weighted by Crippen LogP contribution is 2.24. The van der Waals surface area contributed by atoms with Crippen LogP contribution >= 0.6 is 0 Å². The van der Waals surface area contributed by atoms with Crippen LogP contribution in [0.3, 0.4) is 0 Å². The van der Waals surface area contributed by atoms with Gasteiger partial charge in [-0.05, 0) is 36.4 Å². The third-order valence-electron chi connectivity index (χ3n) is 4.58. The molecule has 7 nitrogen and oxygen atoms in total. The number of sulfonamides is 1. The molecule has 0 amide bonds. The molecule has 8 heteroatoms. The molecule has 1 aliphatic heterocycles. The molecule has 2 heterocycles. The zero-order valence-corrected chi connectivity index (χ0v) is 16.3. The van der Waals surface area contributed by atoms with Crippen LogP contribution < -0.4 is 9.62 Å². The molecule has 28 heavy (non-hydrogen) atoms. The first kappa shape index (κ1) is 18.5. The minimum atomic E-state index is -3.67. The molecule has 0 bridgehead atoms. The highest BCUT2D eigenvalue weighted by atomic mass is 32.2. The van der Waals surface area contributed by atoms with E-state index in [4.69, 9.17) is 9.15 Å². The van der Waals surface area contributed by atoms with Crippen molar-refractivity contribution in [1.82, 2.24) is 4.98 Å². The van der Waals surface area contributed by atoms with Gasteiger partial charge in [0.1, 0.15) is 12.0 Å². The van der Waals surface area contributed by atoms with Gasteiger partial charge in [0.25, 0.3) is 10.0 Å². The maximum absolute atomic E-state index is 12.7. The maximum atomic E-state index is 12.7. The molecule has 1 fully saturated rings. The van der Waals surface area contributed by atoms with Gasteiger partial charge in [0.05, 0.1) is 18.1 Å². The van der Waals surface area contributed by atoms with Crippen molar-refractivity contribution in [2.24, 2.45) is 0 Å². The predicted octanol–water partition coefficient (Wildman–Crippen LogP) is 3.29. The topological polar surface area (TPSA) is 84.7 Å². The van der Waals surface area contributed by atoms with Crippen molar-refractivity contribution in [2.45, 2.75) is 11.8 Å². The van der Waals surface area contributed by atoms with E-state index in [0.29, 0.717) is 30.5 Å². The lowest BCUT2D eigenvalue weighted by Crippen LogP contribution is -2.36. The third kappa shape index (κ3) is 4.02. The molecule has 1 N–H and O–H groups in total. The Morgan fingerprint density at radius 1 is 1.00 bits per heavy atom. The summed E-state index contributed by atoms with van der Waals surface area (Å²) in [4.78, 5) is 6.65. The molecule has 3 aromatic rings. The van der Waals surface area contributed by atoms with Gasteiger partial charge in [-0.2, -0.15) is 0 Å². The Kier molecular flexibility index (Phi) is 5.06. The number of oxazole rings is 1. The fourth-order valence-corrected chi connectivity index (χ4v) is 4.14. The van der Waals surface area contributed by atoms with Crippen LogP contribution in [0.1, 0.15) is 5.89 Å². The smallest absolute Gasteiger partial charge is 0.261 e. The largest absolute Gasteiger partial charge is 0.449 e. The summed E-state index contributed by atoms with van der Waals surface area (Å²) in [6, 6.07) is 13.9. The fourth-order valence-electron chi connectivity index (χ4n) is 3.08. The molecule has 0 atom stereocenters. The zero-order chi connectivity index (χ0) is 19.6. The molecule has 1 saturated heterocycles. The number of benzene rings is 2. The Labute approximate surface area is 164 Å². The lowest BCUT2D eigenvalue weighted by Gasteiger charge is -2.28. The van der Waals surface area contributed by atoms with Crippen molar-refractivity contribution < 1.29 is 17.6 Å². The second-order valence-corrected chi connectivity index (χ2v) is 8.21. The molecule has 1 aromatic heterocycles. The number of morpholine rings is 1. The summed E-state index contributed by atoms with van der Waals surface area (Å²) in [5.74, 6) is 0.564. The molecule has 0 saturated carbocycles. The number of anilines is 2. The molecule has 0 aliphatic carbocycles. The van der Waals surface area contributed by atoms with Crippen LogP contribution in [0.25, 0.3) is 11.3 Å². The molecule has 0 unspecified atom stereocenters. The van der Waals surface area contributed by atoms with Gasteiger partial charge in [-0.15, -0.1) is 0 Å². The van der Waals surface area contributed by atoms with E-state index in [-0.39, 0.29) is 4.90 Å². The number of nitrogens with zero attached hydrogens (tertiary/aromatic N) is 2. The van der Waals surface area contributed by atoms with Crippen LogP contribution in [0.2, 0.25) is 0 Å². The third-order valence-corrected chi connectivity index (χ3v) is 5.97. The van der Waals surface area contributed by atoms with Crippen LogP contribution in [-0.4, -0.2) is 39.7 Å². The lowest BCUT2D eigenvalue weighted by molar-refractivity contribution is 0.122. The van der Waals surface area contributed by atoms with E-state index in [9.17, 15) is 8.42 Å². The van der Waals surface area contributed by atoms with Gasteiger partial charge in [-0.25, -0.2) is 13.4 Å². The Balaban J connectivity index is 1.47. The number of hydrogen-bond acceptors (Lipinski definition) is 6. The van der Waals surface area contributed by atoms with E-state index in [2.05, 4.69) is 14.6 Å². The van der Waals surface area contributed by atoms with Gasteiger partial charge in [0.2, 0.25) is 0 Å². The average Bonchev–Trinajstić information content (AvgIpc) is 3.15. The van der Waals surface area contributed by atoms with Crippen LogP contribution in [0.4, 0.5) is 11.4 Å². The number of ether oxygens (including phenoxy) is 1. The normalized spacial score (nSPS) is 14.8. The van der Waals surface area contributed by atoms with Crippen molar-refractivity contribution in [3.8, 4) is 11.3 Å². The van der Waals surface area contributed by atoms with E-state index in [0.717, 1.165) is 24.3 Å². The SMILES string of the molecule is Cc1nc(-c2ccc(S(=O)(=O)Nc3ccc(N4CCOCC4)cc3)cc2)co1. The predicted molar refractivity (Wildman–Crippen MR) is 107 cm³/mol. The highest BCUT2D eigenvalue weighted by Gasteiger charge is 2.16. The van der Waals surface area contributed by atoms with E-state index in [1.165, 1.54) is 0 Å². The van der Waals surface area contributed by atoms with Crippen molar-refractivity contribution in [2.75, 3.05) is 35.9 Å². The zero-order valence-electron chi connectivity index (χ0n) is 15.5. The van der Waals surface area contributed by atoms with Crippen LogP contribution in [-0.2, 0) is 14.8 Å². The molecule has 4 rings (SSSR count). The molecular weight excluding hydrogens is 378 g/mol. The Hall–Kier alpha value is -2.84. The lowest BCUT2D eigenvalue weighted by atomic mass is 10.2. The summed E-state index contributed by atoms with van der Waals surface area (Å²) < 4.78 is 38.5. The first-order valence-electron chi connectivity index (χ1n) is 8.99. The first-order valence-corrected chi connectivity index (χ1v) is 10.5. The van der Waals surface area contributed by atoms with Gasteiger partial charge >= 0.3 is 0 Å². The van der Waals surface area contributed by atoms with Gasteiger partial charge in [-0.3, -0.25) is 4.72 Å². The van der Waals surface area contributed by atoms with Crippen molar-refractivity contribution in [3.05, 3.63) is 60.7 Å². The van der Waals surface area contributed by atoms with E-state index in [1.54, 1.807) is 49.6 Å². The fraction of sp³-hybridized carbons (Fsp3) is 0.250. The number of aryl methyl sites for hydroxylation is 1. The minimum absolute atomic E-state index is 0.189. The average molecular weight is 399 g/mol. The van der Waals surface area contributed by atoms with Crippen LogP contribution in [0, 0.1) is 6.92 Å². The summed E-state index contributed by atoms with van der Waals surface area (Å²) >= 11 is 0. The first-order chi connectivity index (χ1) is 13.5. The molecular formula is C20H21N3O4S. The quantitative estimate of drug-likeness (QED) is 0.709. The highest BCUT2D eigenvalue weighted by molar-refractivity contribution is 7.92. The van der Waals surface area contributed by atoms with Gasteiger partial charge < -0.3 is 14.1 Å². The molecule has 1 aliphatic rings. The van der Waals surface area contributed by atoms with E-state index in [1.807, 2.05) is 12.1 Å². The number of rotatable bonds is 5. The van der Waals surface area contributed by atoms with Crippen molar-refractivity contribution in [1.29, 1.82) is 0 Å². The minimum Gasteiger partial charge on any atom is -0.449 e. The number of hydrogen-bond donors (Lipinski definition) is 1. The Morgan fingerprint density at radius 2 is 1.68 bits per heavy atom. The van der Waals surface area contributed by atoms with Crippen LogP contribution in [0.5, 0.6) is 0 Å². The second-order valence-electron chi connectivity index (χ2n) is 6.53. The van der Waals surface area contributed by atoms with Crippen molar-refractivity contribution in [3.63, 3.8) is 0 Å². The Bertz CT molecular complexity index is 1040. The number of aromatic nitrogens is 1. The Morgan fingerprint density at radius 3 is 2.29 bits per heavy atom. The summed E-state index contributed by atoms with van der Waals surface area (Å²) in [6.07, 6.45) is 1.55. The summed E-state index contributed by atoms with van der Waals surface area (Å²) in [5, 5.41) is 0. The summed E-state index contributed by atoms with van der Waals surface area (Å²) in [7, 11) is -3.67. The molecule has 0 spiro atoms. The van der Waals surface area contributed by atoms with Crippen molar-refractivity contribution >= 4 is 21.4 Å². The standard InChI is InChI=1S/C20H21N3O4S/c1-15-21-20(14-27-15)16-2-8-19(9-3-16)28(24,25)22-17-4-6-18(7-5-17)23-10-12-26-13-11-23/h2-9,14,22H,10-13H2,1H3. The summed E-state index contributed by atoms with van der Waals surface area (Å²) in [5.41, 5.74) is 3.05. The van der Waals surface area contributed by atoms with E-state index < -0.39 is 10.0 Å². The van der Waals surface area contributed by atoms with Gasteiger partial charge in [-0.1, -0.05) is 12.1 Å². The number of nitrogens with one attached hydrogen (secondary N) is 1. The molecule has 146 valence electrons. The van der Waals surface area contributed by atoms with Gasteiger partial charge in [0, 0.05) is 37.0 Å². The van der Waals surface area contributed by atoms with E-state index >= 15 is 0 Å². The maximum Gasteiger partial charge on any atom is 0.261 e. The molecule has 2 aromatic carbocycles. The van der Waals surface area contributed by atoms with Crippen LogP contribution in [0.15, 0.2) is 64.1 Å².